The number of nitrogens with two attached hydrogens (primary N) is 1. The SMILES string of the molecule is Nc1nc(-c2nc3ccccc3c(=O)[nH]2)cc(-c2ccco2)n1. The van der Waals surface area contributed by atoms with E-state index < -0.39 is 0 Å². The van der Waals surface area contributed by atoms with Gasteiger partial charge in [0.1, 0.15) is 11.4 Å². The zero-order valence-electron chi connectivity index (χ0n) is 11.9. The lowest BCUT2D eigenvalue weighted by molar-refractivity contribution is 0.580. The molecule has 0 saturated heterocycles. The van der Waals surface area contributed by atoms with Crippen molar-refractivity contribution < 1.29 is 4.42 Å². The maximum Gasteiger partial charge on any atom is 0.259 e. The van der Waals surface area contributed by atoms with Crippen molar-refractivity contribution in [2.24, 2.45) is 0 Å². The van der Waals surface area contributed by atoms with E-state index >= 15 is 0 Å². The van der Waals surface area contributed by atoms with Crippen LogP contribution in [0.2, 0.25) is 0 Å². The Morgan fingerprint density at radius 1 is 1.00 bits per heavy atom. The van der Waals surface area contributed by atoms with Crippen LogP contribution >= 0.6 is 0 Å². The third-order valence-electron chi connectivity index (χ3n) is 3.37. The van der Waals surface area contributed by atoms with Crippen LogP contribution in [0, 0.1) is 0 Å². The molecule has 0 fully saturated rings. The number of hydrogen-bond donors (Lipinski definition) is 2. The second kappa shape index (κ2) is 5.06. The van der Waals surface area contributed by atoms with E-state index in [0.29, 0.717) is 33.9 Å². The van der Waals surface area contributed by atoms with Crippen molar-refractivity contribution in [2.45, 2.75) is 0 Å². The molecule has 4 rings (SSSR count). The van der Waals surface area contributed by atoms with Gasteiger partial charge in [0, 0.05) is 0 Å². The number of H-pyrrole nitrogens is 1. The molecule has 112 valence electrons. The van der Waals surface area contributed by atoms with Gasteiger partial charge in [-0.15, -0.1) is 0 Å². The lowest BCUT2D eigenvalue weighted by atomic mass is 10.2. The maximum absolute atomic E-state index is 12.2. The molecular formula is C16H11N5O2. The van der Waals surface area contributed by atoms with E-state index in [9.17, 15) is 4.79 Å². The molecule has 0 aliphatic heterocycles. The average molecular weight is 305 g/mol. The van der Waals surface area contributed by atoms with Gasteiger partial charge in [0.05, 0.1) is 17.2 Å². The standard InChI is InChI=1S/C16H11N5O2/c17-16-19-11(13-6-3-7-23-13)8-12(20-16)14-18-10-5-2-1-4-9(10)15(22)21-14/h1-8H,(H2,17,19,20)(H,18,21,22). The van der Waals surface area contributed by atoms with E-state index in [1.165, 1.54) is 0 Å². The maximum atomic E-state index is 12.2. The number of nitrogen functional groups attached to an aromatic ring is 1. The van der Waals surface area contributed by atoms with E-state index in [0.717, 1.165) is 0 Å². The van der Waals surface area contributed by atoms with Crippen LogP contribution in [0.1, 0.15) is 0 Å². The average Bonchev–Trinajstić information content (AvgIpc) is 3.09. The highest BCUT2D eigenvalue weighted by Crippen LogP contribution is 2.23. The van der Waals surface area contributed by atoms with Gasteiger partial charge in [-0.3, -0.25) is 4.79 Å². The molecule has 0 bridgehead atoms. The predicted molar refractivity (Wildman–Crippen MR) is 85.5 cm³/mol. The minimum atomic E-state index is -0.234. The summed E-state index contributed by atoms with van der Waals surface area (Å²) in [4.78, 5) is 27.6. The summed E-state index contributed by atoms with van der Waals surface area (Å²) in [6.45, 7) is 0. The summed E-state index contributed by atoms with van der Waals surface area (Å²) in [5.74, 6) is 0.962. The van der Waals surface area contributed by atoms with E-state index in [1.807, 2.05) is 6.07 Å². The van der Waals surface area contributed by atoms with Crippen LogP contribution in [0.5, 0.6) is 0 Å². The minimum Gasteiger partial charge on any atom is -0.463 e. The van der Waals surface area contributed by atoms with Gasteiger partial charge in [0.15, 0.2) is 11.6 Å². The molecule has 0 radical (unpaired) electrons. The molecule has 7 nitrogen and oxygen atoms in total. The Morgan fingerprint density at radius 2 is 1.83 bits per heavy atom. The van der Waals surface area contributed by atoms with E-state index in [-0.39, 0.29) is 11.5 Å². The van der Waals surface area contributed by atoms with Crippen molar-refractivity contribution in [3.05, 3.63) is 59.1 Å². The summed E-state index contributed by atoms with van der Waals surface area (Å²) in [7, 11) is 0. The molecule has 1 aromatic carbocycles. The Labute approximate surface area is 129 Å². The van der Waals surface area contributed by atoms with Crippen LogP contribution in [0.15, 0.2) is 57.9 Å². The summed E-state index contributed by atoms with van der Waals surface area (Å²) < 4.78 is 5.32. The first kappa shape index (κ1) is 13.2. The van der Waals surface area contributed by atoms with Gasteiger partial charge in [-0.2, -0.15) is 0 Å². The van der Waals surface area contributed by atoms with Gasteiger partial charge in [0.2, 0.25) is 5.95 Å². The molecule has 0 unspecified atom stereocenters. The molecule has 0 amide bonds. The fourth-order valence-corrected chi connectivity index (χ4v) is 2.35. The van der Waals surface area contributed by atoms with Crippen LogP contribution in [0.4, 0.5) is 5.95 Å². The summed E-state index contributed by atoms with van der Waals surface area (Å²) in [5, 5.41) is 0.518. The van der Waals surface area contributed by atoms with Crippen molar-refractivity contribution in [1.82, 2.24) is 19.9 Å². The molecule has 0 spiro atoms. The number of aromatic nitrogens is 4. The fraction of sp³-hybridized carbons (Fsp3) is 0. The Kier molecular flexibility index (Phi) is 2.90. The Hall–Kier alpha value is -3.48. The van der Waals surface area contributed by atoms with Gasteiger partial charge < -0.3 is 15.1 Å². The number of rotatable bonds is 2. The van der Waals surface area contributed by atoms with Gasteiger partial charge >= 0.3 is 0 Å². The number of anilines is 1. The number of nitrogens with zero attached hydrogens (tertiary/aromatic N) is 3. The second-order valence-corrected chi connectivity index (χ2v) is 4.91. The summed E-state index contributed by atoms with van der Waals surface area (Å²) in [5.41, 5.74) is 7.07. The number of aromatic amines is 1. The lowest BCUT2D eigenvalue weighted by Gasteiger charge is -2.05. The molecule has 7 heteroatoms. The lowest BCUT2D eigenvalue weighted by Crippen LogP contribution is -2.10. The number of para-hydroxylation sites is 1. The molecule has 4 aromatic rings. The normalized spacial score (nSPS) is 11.0. The molecule has 23 heavy (non-hydrogen) atoms. The first-order valence-corrected chi connectivity index (χ1v) is 6.88. The summed E-state index contributed by atoms with van der Waals surface area (Å²) in [6, 6.07) is 12.3. The first-order valence-electron chi connectivity index (χ1n) is 6.88. The van der Waals surface area contributed by atoms with Crippen LogP contribution in [-0.4, -0.2) is 19.9 Å². The summed E-state index contributed by atoms with van der Waals surface area (Å²) in [6.07, 6.45) is 1.55. The Balaban J connectivity index is 1.92. The first-order chi connectivity index (χ1) is 11.2. The topological polar surface area (TPSA) is 111 Å². The number of fused-ring (bicyclic) bond motifs is 1. The zero-order valence-corrected chi connectivity index (χ0v) is 11.9. The van der Waals surface area contributed by atoms with Crippen molar-refractivity contribution in [3.8, 4) is 23.0 Å². The molecule has 3 N–H and O–H groups in total. The Bertz CT molecular complexity index is 1050. The highest BCUT2D eigenvalue weighted by Gasteiger charge is 2.12. The predicted octanol–water partition coefficient (Wildman–Crippen LogP) is 2.22. The van der Waals surface area contributed by atoms with Crippen molar-refractivity contribution in [3.63, 3.8) is 0 Å². The van der Waals surface area contributed by atoms with E-state index in [1.54, 1.807) is 42.7 Å². The number of nitrogens with one attached hydrogen (secondary N) is 1. The highest BCUT2D eigenvalue weighted by atomic mass is 16.3. The van der Waals surface area contributed by atoms with E-state index in [4.69, 9.17) is 10.2 Å². The molecule has 0 aliphatic rings. The van der Waals surface area contributed by atoms with Crippen molar-refractivity contribution >= 4 is 16.9 Å². The highest BCUT2D eigenvalue weighted by molar-refractivity contribution is 5.79. The third kappa shape index (κ3) is 2.34. The van der Waals surface area contributed by atoms with Crippen LogP contribution in [-0.2, 0) is 0 Å². The second-order valence-electron chi connectivity index (χ2n) is 4.91. The molecule has 0 saturated carbocycles. The van der Waals surface area contributed by atoms with Crippen LogP contribution in [0.3, 0.4) is 0 Å². The Morgan fingerprint density at radius 3 is 2.65 bits per heavy atom. The van der Waals surface area contributed by atoms with Gasteiger partial charge in [0.25, 0.3) is 5.56 Å². The summed E-state index contributed by atoms with van der Waals surface area (Å²) >= 11 is 0. The van der Waals surface area contributed by atoms with Crippen molar-refractivity contribution in [1.29, 1.82) is 0 Å². The van der Waals surface area contributed by atoms with Gasteiger partial charge in [-0.25, -0.2) is 15.0 Å². The zero-order chi connectivity index (χ0) is 15.8. The van der Waals surface area contributed by atoms with Crippen LogP contribution in [0.25, 0.3) is 33.9 Å². The smallest absolute Gasteiger partial charge is 0.259 e. The number of furan rings is 1. The third-order valence-corrected chi connectivity index (χ3v) is 3.37. The largest absolute Gasteiger partial charge is 0.463 e. The van der Waals surface area contributed by atoms with E-state index in [2.05, 4.69) is 19.9 Å². The molecule has 3 aromatic heterocycles. The fourth-order valence-electron chi connectivity index (χ4n) is 2.35. The van der Waals surface area contributed by atoms with Gasteiger partial charge in [-0.1, -0.05) is 12.1 Å². The number of benzene rings is 1. The molecule has 0 atom stereocenters. The molecule has 0 aliphatic carbocycles. The monoisotopic (exact) mass is 305 g/mol. The quantitative estimate of drug-likeness (QED) is 0.587. The van der Waals surface area contributed by atoms with Crippen molar-refractivity contribution in [2.75, 3.05) is 5.73 Å². The number of hydrogen-bond acceptors (Lipinski definition) is 6. The molecular weight excluding hydrogens is 294 g/mol. The molecule has 3 heterocycles. The minimum absolute atomic E-state index is 0.0738. The van der Waals surface area contributed by atoms with Gasteiger partial charge in [-0.05, 0) is 30.3 Å². The van der Waals surface area contributed by atoms with Crippen LogP contribution < -0.4 is 11.3 Å².